The maximum absolute atomic E-state index is 12.4. The van der Waals surface area contributed by atoms with Gasteiger partial charge in [-0.2, -0.15) is 0 Å². The van der Waals surface area contributed by atoms with Gasteiger partial charge in [0.25, 0.3) is 0 Å². The van der Waals surface area contributed by atoms with Crippen LogP contribution in [-0.4, -0.2) is 15.3 Å². The summed E-state index contributed by atoms with van der Waals surface area (Å²) >= 11 is 0. The molecule has 3 aromatic rings. The van der Waals surface area contributed by atoms with E-state index in [4.69, 9.17) is 0 Å². The maximum Gasteiger partial charge on any atom is 0.183 e. The molecule has 3 nitrogen and oxygen atoms in total. The Morgan fingerprint density at radius 3 is 2.79 bits per heavy atom. The van der Waals surface area contributed by atoms with Crippen LogP contribution in [0.2, 0.25) is 0 Å². The van der Waals surface area contributed by atoms with Gasteiger partial charge in [-0.3, -0.25) is 9.78 Å². The van der Waals surface area contributed by atoms with E-state index in [1.165, 1.54) is 0 Å². The molecule has 3 rings (SSSR count). The van der Waals surface area contributed by atoms with Gasteiger partial charge in [-0.05, 0) is 23.8 Å². The fourth-order valence-electron chi connectivity index (χ4n) is 2.34. The standard InChI is InChI=1S/C16H14N2O/c1-18-14-7-3-2-6-13(14)10-15(18)16(19)9-12-5-4-8-17-11-12/h2-8,10-11H,9H2,1H3. The molecular weight excluding hydrogens is 236 g/mol. The molecule has 0 aliphatic rings. The third-order valence-corrected chi connectivity index (χ3v) is 3.32. The molecule has 0 aliphatic heterocycles. The summed E-state index contributed by atoms with van der Waals surface area (Å²) in [5.41, 5.74) is 2.76. The highest BCUT2D eigenvalue weighted by molar-refractivity contribution is 6.01. The Morgan fingerprint density at radius 1 is 1.21 bits per heavy atom. The van der Waals surface area contributed by atoms with E-state index in [1.807, 2.05) is 54.1 Å². The zero-order valence-corrected chi connectivity index (χ0v) is 10.7. The predicted octanol–water partition coefficient (Wildman–Crippen LogP) is 3.00. The number of carbonyl (C=O) groups excluding carboxylic acids is 1. The summed E-state index contributed by atoms with van der Waals surface area (Å²) in [6, 6.07) is 13.7. The van der Waals surface area contributed by atoms with Gasteiger partial charge < -0.3 is 4.57 Å². The summed E-state index contributed by atoms with van der Waals surface area (Å²) in [4.78, 5) is 16.4. The minimum absolute atomic E-state index is 0.117. The van der Waals surface area contributed by atoms with Crippen LogP contribution in [0.15, 0.2) is 54.9 Å². The Balaban J connectivity index is 1.96. The quantitative estimate of drug-likeness (QED) is 0.670. The third-order valence-electron chi connectivity index (χ3n) is 3.32. The molecule has 2 aromatic heterocycles. The van der Waals surface area contributed by atoms with Crippen LogP contribution in [0.3, 0.4) is 0 Å². The summed E-state index contributed by atoms with van der Waals surface area (Å²) in [6.45, 7) is 0. The molecule has 0 radical (unpaired) electrons. The Hall–Kier alpha value is -2.42. The van der Waals surface area contributed by atoms with Crippen molar-refractivity contribution in [2.75, 3.05) is 0 Å². The van der Waals surface area contributed by atoms with Gasteiger partial charge in [0.1, 0.15) is 0 Å². The third kappa shape index (κ3) is 2.15. The molecule has 2 heterocycles. The second-order valence-electron chi connectivity index (χ2n) is 4.61. The van der Waals surface area contributed by atoms with Crippen molar-refractivity contribution in [3.8, 4) is 0 Å². The first-order valence-electron chi connectivity index (χ1n) is 6.22. The lowest BCUT2D eigenvalue weighted by atomic mass is 10.1. The number of benzene rings is 1. The van der Waals surface area contributed by atoms with Gasteiger partial charge in [-0.25, -0.2) is 0 Å². The van der Waals surface area contributed by atoms with Crippen LogP contribution in [0.5, 0.6) is 0 Å². The average molecular weight is 250 g/mol. The molecule has 0 fully saturated rings. The number of pyridine rings is 1. The van der Waals surface area contributed by atoms with Gasteiger partial charge in [0.2, 0.25) is 0 Å². The van der Waals surface area contributed by atoms with Crippen LogP contribution < -0.4 is 0 Å². The molecule has 0 saturated heterocycles. The van der Waals surface area contributed by atoms with E-state index in [0.717, 1.165) is 22.2 Å². The van der Waals surface area contributed by atoms with Crippen molar-refractivity contribution in [1.82, 2.24) is 9.55 Å². The largest absolute Gasteiger partial charge is 0.341 e. The second kappa shape index (κ2) is 4.69. The summed E-state index contributed by atoms with van der Waals surface area (Å²) in [5, 5.41) is 1.10. The molecule has 19 heavy (non-hydrogen) atoms. The van der Waals surface area contributed by atoms with E-state index < -0.39 is 0 Å². The molecule has 0 spiro atoms. The summed E-state index contributed by atoms with van der Waals surface area (Å²) in [5.74, 6) is 0.117. The van der Waals surface area contributed by atoms with Gasteiger partial charge >= 0.3 is 0 Å². The number of hydrogen-bond donors (Lipinski definition) is 0. The fourth-order valence-corrected chi connectivity index (χ4v) is 2.34. The minimum Gasteiger partial charge on any atom is -0.341 e. The van der Waals surface area contributed by atoms with Crippen molar-refractivity contribution in [2.45, 2.75) is 6.42 Å². The topological polar surface area (TPSA) is 34.9 Å². The lowest BCUT2D eigenvalue weighted by Crippen LogP contribution is -2.08. The second-order valence-corrected chi connectivity index (χ2v) is 4.61. The minimum atomic E-state index is 0.117. The number of aryl methyl sites for hydroxylation is 1. The van der Waals surface area contributed by atoms with Crippen molar-refractivity contribution >= 4 is 16.7 Å². The number of nitrogens with zero attached hydrogens (tertiary/aromatic N) is 2. The van der Waals surface area contributed by atoms with E-state index in [9.17, 15) is 4.79 Å². The van der Waals surface area contributed by atoms with Crippen LogP contribution >= 0.6 is 0 Å². The number of Topliss-reactive ketones (excluding diaryl/α,β-unsaturated/α-hetero) is 1. The van der Waals surface area contributed by atoms with Crippen molar-refractivity contribution in [3.63, 3.8) is 0 Å². The van der Waals surface area contributed by atoms with Gasteiger partial charge in [0.15, 0.2) is 5.78 Å². The van der Waals surface area contributed by atoms with Crippen LogP contribution in [0, 0.1) is 0 Å². The summed E-state index contributed by atoms with van der Waals surface area (Å²) in [7, 11) is 1.93. The summed E-state index contributed by atoms with van der Waals surface area (Å²) < 4.78 is 1.95. The van der Waals surface area contributed by atoms with E-state index in [1.54, 1.807) is 12.4 Å². The lowest BCUT2D eigenvalue weighted by molar-refractivity contribution is 0.0985. The molecule has 1 aromatic carbocycles. The van der Waals surface area contributed by atoms with Crippen molar-refractivity contribution in [2.24, 2.45) is 7.05 Å². The lowest BCUT2D eigenvalue weighted by Gasteiger charge is -2.03. The van der Waals surface area contributed by atoms with E-state index in [-0.39, 0.29) is 5.78 Å². The van der Waals surface area contributed by atoms with Crippen LogP contribution in [0.1, 0.15) is 16.1 Å². The van der Waals surface area contributed by atoms with Crippen LogP contribution in [0.25, 0.3) is 10.9 Å². The summed E-state index contributed by atoms with van der Waals surface area (Å²) in [6.07, 6.45) is 3.84. The van der Waals surface area contributed by atoms with Crippen molar-refractivity contribution in [1.29, 1.82) is 0 Å². The van der Waals surface area contributed by atoms with Crippen LogP contribution in [0.4, 0.5) is 0 Å². The molecule has 0 aliphatic carbocycles. The number of aromatic nitrogens is 2. The Kier molecular flexibility index (Phi) is 2.88. The molecule has 0 amide bonds. The molecule has 0 atom stereocenters. The fraction of sp³-hybridized carbons (Fsp3) is 0.125. The number of hydrogen-bond acceptors (Lipinski definition) is 2. The number of para-hydroxylation sites is 1. The molecule has 3 heteroatoms. The predicted molar refractivity (Wildman–Crippen MR) is 75.2 cm³/mol. The monoisotopic (exact) mass is 250 g/mol. The Bertz CT molecular complexity index is 729. The van der Waals surface area contributed by atoms with Gasteiger partial charge in [-0.15, -0.1) is 0 Å². The van der Waals surface area contributed by atoms with Gasteiger partial charge in [0.05, 0.1) is 5.69 Å². The molecule has 0 N–H and O–H groups in total. The first-order valence-corrected chi connectivity index (χ1v) is 6.22. The SMILES string of the molecule is Cn1c(C(=O)Cc2cccnc2)cc2ccccc21. The number of fused-ring (bicyclic) bond motifs is 1. The van der Waals surface area contributed by atoms with E-state index in [0.29, 0.717) is 6.42 Å². The van der Waals surface area contributed by atoms with Crippen molar-refractivity contribution < 1.29 is 4.79 Å². The van der Waals surface area contributed by atoms with Crippen LogP contribution in [-0.2, 0) is 13.5 Å². The normalized spacial score (nSPS) is 10.8. The highest BCUT2D eigenvalue weighted by atomic mass is 16.1. The zero-order valence-electron chi connectivity index (χ0n) is 10.7. The Labute approximate surface area is 111 Å². The first-order chi connectivity index (χ1) is 9.25. The van der Waals surface area contributed by atoms with Gasteiger partial charge in [0, 0.05) is 36.8 Å². The molecular formula is C16H14N2O. The van der Waals surface area contributed by atoms with E-state index >= 15 is 0 Å². The maximum atomic E-state index is 12.4. The number of carbonyl (C=O) groups is 1. The average Bonchev–Trinajstić information content (AvgIpc) is 2.78. The molecule has 0 saturated carbocycles. The number of rotatable bonds is 3. The first kappa shape index (κ1) is 11.7. The number of ketones is 1. The molecule has 0 bridgehead atoms. The van der Waals surface area contributed by atoms with Crippen molar-refractivity contribution in [3.05, 3.63) is 66.1 Å². The highest BCUT2D eigenvalue weighted by Crippen LogP contribution is 2.19. The van der Waals surface area contributed by atoms with Gasteiger partial charge in [-0.1, -0.05) is 24.3 Å². The molecule has 0 unspecified atom stereocenters. The highest BCUT2D eigenvalue weighted by Gasteiger charge is 2.13. The Morgan fingerprint density at radius 2 is 2.05 bits per heavy atom. The smallest absolute Gasteiger partial charge is 0.183 e. The van der Waals surface area contributed by atoms with E-state index in [2.05, 4.69) is 4.98 Å². The zero-order chi connectivity index (χ0) is 13.2. The molecule has 94 valence electrons.